The molecular weight excluding hydrogens is 426 g/mol. The molecule has 1 atom stereocenters. The maximum atomic E-state index is 12.3. The Hall–Kier alpha value is -3.63. The first-order valence-corrected chi connectivity index (χ1v) is 10.9. The number of carbonyl (C=O) groups excluding carboxylic acids is 2. The molecule has 4 heterocycles. The molecule has 2 aromatic heterocycles. The average molecular weight is 451 g/mol. The molecule has 0 radical (unpaired) electrons. The minimum atomic E-state index is -0.509. The Kier molecular flexibility index (Phi) is 6.09. The summed E-state index contributed by atoms with van der Waals surface area (Å²) in [6.07, 6.45) is 4.94. The van der Waals surface area contributed by atoms with E-state index in [1.54, 1.807) is 35.4 Å². The van der Waals surface area contributed by atoms with Crippen LogP contribution in [-0.2, 0) is 20.8 Å². The van der Waals surface area contributed by atoms with Crippen LogP contribution in [0.5, 0.6) is 5.75 Å². The molecular formula is C23H25N5O5. The van der Waals surface area contributed by atoms with E-state index in [9.17, 15) is 9.59 Å². The number of ether oxygens (including phenoxy) is 3. The van der Waals surface area contributed by atoms with E-state index in [-0.39, 0.29) is 18.0 Å². The fourth-order valence-electron chi connectivity index (χ4n) is 3.76. The van der Waals surface area contributed by atoms with Crippen molar-refractivity contribution in [3.8, 4) is 5.75 Å². The van der Waals surface area contributed by atoms with E-state index >= 15 is 0 Å². The second-order valence-corrected chi connectivity index (χ2v) is 7.98. The van der Waals surface area contributed by atoms with Crippen LogP contribution in [0, 0.1) is 0 Å². The van der Waals surface area contributed by atoms with E-state index in [2.05, 4.69) is 15.6 Å². The normalized spacial score (nSPS) is 18.5. The van der Waals surface area contributed by atoms with E-state index in [1.165, 1.54) is 0 Å². The van der Waals surface area contributed by atoms with Crippen molar-refractivity contribution >= 4 is 23.3 Å². The van der Waals surface area contributed by atoms with Crippen molar-refractivity contribution < 1.29 is 23.8 Å². The Morgan fingerprint density at radius 2 is 1.97 bits per heavy atom. The fraction of sp³-hybridized carbons (Fsp3) is 0.348. The highest BCUT2D eigenvalue weighted by Gasteiger charge is 2.37. The summed E-state index contributed by atoms with van der Waals surface area (Å²) in [4.78, 5) is 30.5. The van der Waals surface area contributed by atoms with E-state index in [0.29, 0.717) is 50.9 Å². The molecule has 2 N–H and O–H groups in total. The van der Waals surface area contributed by atoms with Crippen LogP contribution in [-0.4, -0.2) is 71.3 Å². The standard InChI is InChI=1S/C23H25N5O5/c29-22(20-15-31-9-10-32-20)28-13-19(14-28)33-18-3-1-17(2-4-18)26-23(30)25-12-16-5-7-27-8-6-24-21(27)11-16/h1-8,11,19-20H,9-10,12-15H2,(H2,25,26,30). The Morgan fingerprint density at radius 3 is 2.76 bits per heavy atom. The third kappa shape index (κ3) is 5.07. The van der Waals surface area contributed by atoms with Crippen molar-refractivity contribution in [3.63, 3.8) is 0 Å². The molecule has 3 aromatic rings. The number of imidazole rings is 1. The van der Waals surface area contributed by atoms with Crippen LogP contribution >= 0.6 is 0 Å². The number of benzene rings is 1. The van der Waals surface area contributed by atoms with Gasteiger partial charge in [-0.15, -0.1) is 0 Å². The zero-order valence-corrected chi connectivity index (χ0v) is 18.0. The topological polar surface area (TPSA) is 106 Å². The maximum Gasteiger partial charge on any atom is 0.319 e. The summed E-state index contributed by atoms with van der Waals surface area (Å²) in [6.45, 7) is 2.72. The van der Waals surface area contributed by atoms with Crippen LogP contribution in [0.4, 0.5) is 10.5 Å². The number of amides is 3. The molecule has 10 heteroatoms. The van der Waals surface area contributed by atoms with Gasteiger partial charge in [-0.2, -0.15) is 0 Å². The minimum Gasteiger partial charge on any atom is -0.487 e. The lowest BCUT2D eigenvalue weighted by Crippen LogP contribution is -2.60. The highest BCUT2D eigenvalue weighted by molar-refractivity contribution is 5.89. The number of hydrogen-bond donors (Lipinski definition) is 2. The van der Waals surface area contributed by atoms with Crippen molar-refractivity contribution in [1.29, 1.82) is 0 Å². The maximum absolute atomic E-state index is 12.3. The summed E-state index contributed by atoms with van der Waals surface area (Å²) in [5, 5.41) is 5.64. The number of anilines is 1. The van der Waals surface area contributed by atoms with Crippen molar-refractivity contribution in [3.05, 3.63) is 60.6 Å². The molecule has 2 aliphatic rings. The van der Waals surface area contributed by atoms with Gasteiger partial charge >= 0.3 is 6.03 Å². The highest BCUT2D eigenvalue weighted by Crippen LogP contribution is 2.21. The number of urea groups is 1. The first kappa shape index (κ1) is 21.2. The van der Waals surface area contributed by atoms with Gasteiger partial charge in [0.2, 0.25) is 0 Å². The summed E-state index contributed by atoms with van der Waals surface area (Å²) >= 11 is 0. The predicted octanol–water partition coefficient (Wildman–Crippen LogP) is 1.66. The quantitative estimate of drug-likeness (QED) is 0.591. The molecule has 2 aliphatic heterocycles. The van der Waals surface area contributed by atoms with Crippen LogP contribution < -0.4 is 15.4 Å². The molecule has 1 aromatic carbocycles. The van der Waals surface area contributed by atoms with Gasteiger partial charge in [-0.1, -0.05) is 0 Å². The van der Waals surface area contributed by atoms with Crippen LogP contribution in [0.2, 0.25) is 0 Å². The summed E-state index contributed by atoms with van der Waals surface area (Å²) in [6, 6.07) is 10.7. The molecule has 33 heavy (non-hydrogen) atoms. The molecule has 0 spiro atoms. The molecule has 0 saturated carbocycles. The van der Waals surface area contributed by atoms with Crippen molar-refractivity contribution in [2.24, 2.45) is 0 Å². The fourth-order valence-corrected chi connectivity index (χ4v) is 3.76. The van der Waals surface area contributed by atoms with Crippen molar-refractivity contribution in [1.82, 2.24) is 19.6 Å². The average Bonchev–Trinajstić information content (AvgIpc) is 3.29. The SMILES string of the molecule is O=C(NCc1ccn2ccnc2c1)Nc1ccc(OC2CN(C(=O)C3COCCO3)C2)cc1. The van der Waals surface area contributed by atoms with Gasteiger partial charge in [-0.3, -0.25) is 4.79 Å². The summed E-state index contributed by atoms with van der Waals surface area (Å²) in [5.74, 6) is 0.633. The van der Waals surface area contributed by atoms with Gasteiger partial charge in [-0.05, 0) is 42.0 Å². The third-order valence-corrected chi connectivity index (χ3v) is 5.58. The van der Waals surface area contributed by atoms with E-state index < -0.39 is 6.10 Å². The van der Waals surface area contributed by atoms with Crippen LogP contribution in [0.25, 0.3) is 5.65 Å². The molecule has 2 fully saturated rings. The molecule has 5 rings (SSSR count). The molecule has 0 aliphatic carbocycles. The zero-order chi connectivity index (χ0) is 22.6. The van der Waals surface area contributed by atoms with Gasteiger partial charge < -0.3 is 34.1 Å². The first-order chi connectivity index (χ1) is 16.1. The predicted molar refractivity (Wildman–Crippen MR) is 119 cm³/mol. The molecule has 1 unspecified atom stereocenters. The first-order valence-electron chi connectivity index (χ1n) is 10.9. The van der Waals surface area contributed by atoms with E-state index in [0.717, 1.165) is 11.2 Å². The number of rotatable bonds is 6. The van der Waals surface area contributed by atoms with Gasteiger partial charge in [0.1, 0.15) is 17.5 Å². The Labute approximate surface area is 190 Å². The van der Waals surface area contributed by atoms with Gasteiger partial charge in [0.05, 0.1) is 32.9 Å². The van der Waals surface area contributed by atoms with Gasteiger partial charge in [0.25, 0.3) is 5.91 Å². The number of carbonyl (C=O) groups is 2. The number of fused-ring (bicyclic) bond motifs is 1. The number of hydrogen-bond acceptors (Lipinski definition) is 6. The number of aromatic nitrogens is 2. The largest absolute Gasteiger partial charge is 0.487 e. The number of nitrogens with one attached hydrogen (secondary N) is 2. The number of nitrogens with zero attached hydrogens (tertiary/aromatic N) is 3. The Balaban J connectivity index is 1.05. The zero-order valence-electron chi connectivity index (χ0n) is 18.0. The van der Waals surface area contributed by atoms with Gasteiger partial charge in [-0.25, -0.2) is 9.78 Å². The van der Waals surface area contributed by atoms with Gasteiger partial charge in [0.15, 0.2) is 6.10 Å². The number of likely N-dealkylation sites (tertiary alicyclic amines) is 1. The second-order valence-electron chi connectivity index (χ2n) is 7.98. The van der Waals surface area contributed by atoms with Crippen molar-refractivity contribution in [2.45, 2.75) is 18.8 Å². The lowest BCUT2D eigenvalue weighted by molar-refractivity contribution is -0.165. The molecule has 10 nitrogen and oxygen atoms in total. The Bertz CT molecular complexity index is 1120. The third-order valence-electron chi connectivity index (χ3n) is 5.58. The smallest absolute Gasteiger partial charge is 0.319 e. The van der Waals surface area contributed by atoms with Crippen LogP contribution in [0.15, 0.2) is 55.0 Å². The number of pyridine rings is 1. The summed E-state index contributed by atoms with van der Waals surface area (Å²) in [5.41, 5.74) is 2.45. The van der Waals surface area contributed by atoms with Crippen LogP contribution in [0.1, 0.15) is 5.56 Å². The van der Waals surface area contributed by atoms with Gasteiger partial charge in [0, 0.05) is 30.8 Å². The van der Waals surface area contributed by atoms with E-state index in [1.807, 2.05) is 28.9 Å². The van der Waals surface area contributed by atoms with Crippen LogP contribution in [0.3, 0.4) is 0 Å². The molecule has 172 valence electrons. The summed E-state index contributed by atoms with van der Waals surface area (Å²) < 4.78 is 18.6. The lowest BCUT2D eigenvalue weighted by Gasteiger charge is -2.41. The lowest BCUT2D eigenvalue weighted by atomic mass is 10.1. The minimum absolute atomic E-state index is 0.0511. The molecule has 0 bridgehead atoms. The second kappa shape index (κ2) is 9.47. The highest BCUT2D eigenvalue weighted by atomic mass is 16.6. The monoisotopic (exact) mass is 451 g/mol. The summed E-state index contributed by atoms with van der Waals surface area (Å²) in [7, 11) is 0. The van der Waals surface area contributed by atoms with E-state index in [4.69, 9.17) is 14.2 Å². The van der Waals surface area contributed by atoms with Crippen molar-refractivity contribution in [2.75, 3.05) is 38.2 Å². The molecule has 2 saturated heterocycles. The molecule has 3 amide bonds. The Morgan fingerprint density at radius 1 is 1.12 bits per heavy atom.